The van der Waals surface area contributed by atoms with Crippen LogP contribution in [0.5, 0.6) is 0 Å². The summed E-state index contributed by atoms with van der Waals surface area (Å²) in [6, 6.07) is 8.82. The Labute approximate surface area is 205 Å². The maximum Gasteiger partial charge on any atom is 0.245 e. The van der Waals surface area contributed by atoms with Crippen LogP contribution in [0.15, 0.2) is 24.3 Å². The number of likely N-dealkylation sites (N-methyl/N-ethyl adjacent to an activating group) is 2. The monoisotopic (exact) mass is 468 g/mol. The van der Waals surface area contributed by atoms with E-state index in [2.05, 4.69) is 51.6 Å². The van der Waals surface area contributed by atoms with E-state index in [1.54, 1.807) is 7.05 Å². The molecule has 1 aromatic rings. The average molecular weight is 469 g/mol. The first kappa shape index (κ1) is 25.2. The Hall–Kier alpha value is -1.92. The molecule has 3 aliphatic rings. The quantitative estimate of drug-likeness (QED) is 0.581. The summed E-state index contributed by atoms with van der Waals surface area (Å²) in [6.07, 6.45) is 10.0. The van der Waals surface area contributed by atoms with Crippen molar-refractivity contribution in [3.63, 3.8) is 0 Å². The second-order valence-corrected chi connectivity index (χ2v) is 10.6. The van der Waals surface area contributed by atoms with E-state index in [1.807, 2.05) is 6.92 Å². The van der Waals surface area contributed by atoms with Gasteiger partial charge >= 0.3 is 0 Å². The van der Waals surface area contributed by atoms with Crippen LogP contribution in [0.2, 0.25) is 0 Å². The van der Waals surface area contributed by atoms with Crippen LogP contribution in [0.1, 0.15) is 82.4 Å². The van der Waals surface area contributed by atoms with E-state index in [-0.39, 0.29) is 29.8 Å². The van der Waals surface area contributed by atoms with E-state index in [9.17, 15) is 9.59 Å². The van der Waals surface area contributed by atoms with Crippen molar-refractivity contribution in [3.8, 4) is 0 Å². The summed E-state index contributed by atoms with van der Waals surface area (Å²) in [5, 5.41) is 6.18. The summed E-state index contributed by atoms with van der Waals surface area (Å²) >= 11 is 0. The Bertz CT molecular complexity index is 837. The number of nitrogens with one attached hydrogen (secondary N) is 2. The van der Waals surface area contributed by atoms with Gasteiger partial charge in [-0.1, -0.05) is 50.5 Å². The number of rotatable bonds is 9. The van der Waals surface area contributed by atoms with Gasteiger partial charge in [0, 0.05) is 25.2 Å². The Morgan fingerprint density at radius 2 is 1.85 bits per heavy atom. The minimum Gasteiger partial charge on any atom is -0.343 e. The molecule has 1 saturated carbocycles. The lowest BCUT2D eigenvalue weighted by atomic mass is 9.83. The molecule has 34 heavy (non-hydrogen) atoms. The molecule has 0 aromatic heterocycles. The molecule has 2 N–H and O–H groups in total. The number of fused-ring (bicyclic) bond motifs is 1. The van der Waals surface area contributed by atoms with Crippen LogP contribution < -0.4 is 10.6 Å². The van der Waals surface area contributed by atoms with E-state index < -0.39 is 6.04 Å². The summed E-state index contributed by atoms with van der Waals surface area (Å²) < 4.78 is 0. The second kappa shape index (κ2) is 11.7. The molecule has 1 heterocycles. The Kier molecular flexibility index (Phi) is 8.65. The molecule has 0 radical (unpaired) electrons. The number of likely N-dealkylation sites (tertiary alicyclic amines) is 1. The van der Waals surface area contributed by atoms with Gasteiger partial charge in [-0.15, -0.1) is 0 Å². The maximum atomic E-state index is 14.0. The normalized spacial score (nSPS) is 24.8. The summed E-state index contributed by atoms with van der Waals surface area (Å²) in [6.45, 7) is 6.81. The van der Waals surface area contributed by atoms with Crippen molar-refractivity contribution in [1.29, 1.82) is 0 Å². The zero-order valence-corrected chi connectivity index (χ0v) is 21.4. The zero-order chi connectivity index (χ0) is 24.1. The molecule has 0 bridgehead atoms. The van der Waals surface area contributed by atoms with Crippen molar-refractivity contribution >= 4 is 11.8 Å². The van der Waals surface area contributed by atoms with Crippen molar-refractivity contribution in [2.45, 2.75) is 95.8 Å². The predicted molar refractivity (Wildman–Crippen MR) is 137 cm³/mol. The molecular formula is C28H44N4O2. The second-order valence-electron chi connectivity index (χ2n) is 10.6. The highest BCUT2D eigenvalue weighted by Gasteiger charge is 2.40. The van der Waals surface area contributed by atoms with Gasteiger partial charge in [0.2, 0.25) is 11.8 Å². The predicted octanol–water partition coefficient (Wildman–Crippen LogP) is 3.66. The van der Waals surface area contributed by atoms with Gasteiger partial charge in [0.1, 0.15) is 6.04 Å². The molecule has 2 fully saturated rings. The number of carbonyl (C=O) groups is 2. The number of hydrogen-bond acceptors (Lipinski definition) is 4. The summed E-state index contributed by atoms with van der Waals surface area (Å²) in [5.41, 5.74) is 2.94. The van der Waals surface area contributed by atoms with Gasteiger partial charge in [0.05, 0.1) is 6.04 Å². The Balaban J connectivity index is 1.48. The van der Waals surface area contributed by atoms with E-state index in [0.717, 1.165) is 71.0 Å². The van der Waals surface area contributed by atoms with Crippen LogP contribution in [0.3, 0.4) is 0 Å². The molecule has 1 unspecified atom stereocenters. The standard InChI is InChI=1S/C28H44N4O2/c1-4-31(25-17-16-21-11-8-9-15-24(21)25)19-23-14-10-18-32(23)28(34)26(22-12-6-5-7-13-22)30-27(33)20(2)29-3/h8-9,11,15,20,22-23,25-26,29H,4-7,10,12-14,16-19H2,1-3H3,(H,30,33)/t20-,23-,25?,26-/m0/s1. The fourth-order valence-corrected chi connectivity index (χ4v) is 6.41. The maximum absolute atomic E-state index is 14.0. The van der Waals surface area contributed by atoms with Crippen LogP contribution in [-0.4, -0.2) is 66.4 Å². The van der Waals surface area contributed by atoms with Crippen LogP contribution in [0, 0.1) is 5.92 Å². The number of carbonyl (C=O) groups excluding carboxylic acids is 2. The highest BCUT2D eigenvalue weighted by molar-refractivity contribution is 5.90. The molecule has 2 aliphatic carbocycles. The van der Waals surface area contributed by atoms with Crippen LogP contribution >= 0.6 is 0 Å². The molecule has 4 atom stereocenters. The summed E-state index contributed by atoms with van der Waals surface area (Å²) in [5.74, 6) is 0.327. The van der Waals surface area contributed by atoms with E-state index >= 15 is 0 Å². The van der Waals surface area contributed by atoms with Crippen molar-refractivity contribution < 1.29 is 9.59 Å². The molecule has 1 aromatic carbocycles. The van der Waals surface area contributed by atoms with Gasteiger partial charge in [-0.25, -0.2) is 0 Å². The highest BCUT2D eigenvalue weighted by Crippen LogP contribution is 2.36. The van der Waals surface area contributed by atoms with Gasteiger partial charge in [-0.3, -0.25) is 14.5 Å². The summed E-state index contributed by atoms with van der Waals surface area (Å²) in [7, 11) is 1.79. The van der Waals surface area contributed by atoms with Gasteiger partial charge < -0.3 is 15.5 Å². The molecule has 6 heteroatoms. The van der Waals surface area contributed by atoms with Crippen molar-refractivity contribution in [3.05, 3.63) is 35.4 Å². The molecule has 6 nitrogen and oxygen atoms in total. The molecule has 2 amide bonds. The third-order valence-corrected chi connectivity index (χ3v) is 8.56. The van der Waals surface area contributed by atoms with Gasteiger partial charge in [-0.05, 0) is 76.1 Å². The number of aryl methyl sites for hydroxylation is 1. The van der Waals surface area contributed by atoms with Crippen LogP contribution in [0.4, 0.5) is 0 Å². The first-order valence-electron chi connectivity index (χ1n) is 13.6. The zero-order valence-electron chi connectivity index (χ0n) is 21.4. The third-order valence-electron chi connectivity index (χ3n) is 8.56. The first-order chi connectivity index (χ1) is 16.5. The number of nitrogens with zero attached hydrogens (tertiary/aromatic N) is 2. The minimum absolute atomic E-state index is 0.0695. The Morgan fingerprint density at radius 1 is 1.09 bits per heavy atom. The van der Waals surface area contributed by atoms with E-state index in [0.29, 0.717) is 6.04 Å². The van der Waals surface area contributed by atoms with Crippen molar-refractivity contribution in [2.24, 2.45) is 5.92 Å². The smallest absolute Gasteiger partial charge is 0.245 e. The fraction of sp³-hybridized carbons (Fsp3) is 0.714. The third kappa shape index (κ3) is 5.49. The van der Waals surface area contributed by atoms with Crippen molar-refractivity contribution in [2.75, 3.05) is 26.7 Å². The lowest BCUT2D eigenvalue weighted by molar-refractivity contribution is -0.139. The molecular weight excluding hydrogens is 424 g/mol. The van der Waals surface area contributed by atoms with E-state index in [1.165, 1.54) is 17.5 Å². The van der Waals surface area contributed by atoms with Crippen molar-refractivity contribution in [1.82, 2.24) is 20.4 Å². The Morgan fingerprint density at radius 3 is 2.59 bits per heavy atom. The number of amides is 2. The lowest BCUT2D eigenvalue weighted by Gasteiger charge is -2.38. The fourth-order valence-electron chi connectivity index (χ4n) is 6.41. The highest BCUT2D eigenvalue weighted by atomic mass is 16.2. The van der Waals surface area contributed by atoms with E-state index in [4.69, 9.17) is 0 Å². The topological polar surface area (TPSA) is 64.7 Å². The van der Waals surface area contributed by atoms with Crippen LogP contribution in [-0.2, 0) is 16.0 Å². The molecule has 0 spiro atoms. The van der Waals surface area contributed by atoms with Gasteiger partial charge in [0.15, 0.2) is 0 Å². The molecule has 1 aliphatic heterocycles. The summed E-state index contributed by atoms with van der Waals surface area (Å²) in [4.78, 5) is 31.5. The molecule has 188 valence electrons. The average Bonchev–Trinajstić information content (AvgIpc) is 3.52. The van der Waals surface area contributed by atoms with Gasteiger partial charge in [0.25, 0.3) is 0 Å². The first-order valence-corrected chi connectivity index (χ1v) is 13.6. The lowest BCUT2D eigenvalue weighted by Crippen LogP contribution is -2.57. The van der Waals surface area contributed by atoms with Gasteiger partial charge in [-0.2, -0.15) is 0 Å². The molecule has 4 rings (SSSR count). The number of hydrogen-bond donors (Lipinski definition) is 2. The molecule has 1 saturated heterocycles. The number of benzene rings is 1. The minimum atomic E-state index is -0.397. The SMILES string of the molecule is CCN(C[C@@H]1CCCN1C(=O)[C@@H](NC(=O)[C@H](C)NC)C1CCCCC1)C1CCc2ccccc21. The van der Waals surface area contributed by atoms with Crippen LogP contribution in [0.25, 0.3) is 0 Å². The largest absolute Gasteiger partial charge is 0.343 e.